The Morgan fingerprint density at radius 3 is 1.62 bits per heavy atom. The van der Waals surface area contributed by atoms with Crippen molar-refractivity contribution in [2.45, 2.75) is 0 Å². The summed E-state index contributed by atoms with van der Waals surface area (Å²) in [5, 5.41) is 4.58. The van der Waals surface area contributed by atoms with Crippen molar-refractivity contribution in [2.75, 3.05) is 0 Å². The molecule has 0 aliphatic heterocycles. The van der Waals surface area contributed by atoms with Crippen LogP contribution in [0.1, 0.15) is 0 Å². The molecule has 0 aliphatic carbocycles. The second kappa shape index (κ2) is 13.0. The number of hydrogen-bond acceptors (Lipinski definition) is 4. The average molecular weight is 717 g/mol. The van der Waals surface area contributed by atoms with Crippen LogP contribution in [0.4, 0.5) is 0 Å². The summed E-state index contributed by atoms with van der Waals surface area (Å²) in [6.07, 6.45) is 0. The van der Waals surface area contributed by atoms with E-state index >= 15 is 0 Å². The molecule has 5 nitrogen and oxygen atoms in total. The van der Waals surface area contributed by atoms with Crippen LogP contribution in [-0.4, -0.2) is 19.5 Å². The third kappa shape index (κ3) is 5.29. The zero-order chi connectivity index (χ0) is 37.0. The fourth-order valence-corrected chi connectivity index (χ4v) is 8.09. The van der Waals surface area contributed by atoms with Crippen molar-refractivity contribution < 1.29 is 4.42 Å². The van der Waals surface area contributed by atoms with Gasteiger partial charge in [-0.1, -0.05) is 152 Å². The molecule has 0 N–H and O–H groups in total. The summed E-state index contributed by atoms with van der Waals surface area (Å²) in [4.78, 5) is 14.8. The molecule has 0 unspecified atom stereocenters. The largest absolute Gasteiger partial charge is 0.456 e. The molecule has 56 heavy (non-hydrogen) atoms. The Kier molecular flexibility index (Phi) is 7.42. The number of fused-ring (bicyclic) bond motifs is 6. The second-order valence-electron chi connectivity index (χ2n) is 14.0. The summed E-state index contributed by atoms with van der Waals surface area (Å²) in [5.74, 6) is 1.84. The quantitative estimate of drug-likeness (QED) is 0.172. The minimum atomic E-state index is 0.592. The highest BCUT2D eigenvalue weighted by Crippen LogP contribution is 2.43. The summed E-state index contributed by atoms with van der Waals surface area (Å²) in [5.41, 5.74) is 12.4. The molecular formula is C51H32N4O. The molecule has 0 fully saturated rings. The molecule has 0 atom stereocenters. The maximum atomic E-state index is 6.63. The first-order chi connectivity index (χ1) is 27.8. The van der Waals surface area contributed by atoms with Gasteiger partial charge >= 0.3 is 0 Å². The van der Waals surface area contributed by atoms with E-state index in [0.29, 0.717) is 17.5 Å². The molecule has 0 bridgehead atoms. The molecule has 5 heteroatoms. The molecule has 11 aromatic rings. The molecule has 0 radical (unpaired) electrons. The average Bonchev–Trinajstić information content (AvgIpc) is 3.82. The maximum absolute atomic E-state index is 6.63. The SMILES string of the molecule is c1ccc(-c2nc(-c3ccccc3)nc(-c3ccc4c(c3)oc3cccc(-c5ccccc5-c5ccc6c7ccccc7n(-c7ccccc7)c6c5)c34)n2)cc1. The molecule has 0 amide bonds. The molecule has 0 saturated carbocycles. The van der Waals surface area contributed by atoms with Gasteiger partial charge in [0.1, 0.15) is 11.2 Å². The summed E-state index contributed by atoms with van der Waals surface area (Å²) in [7, 11) is 0. The molecule has 0 aliphatic rings. The number of aromatic nitrogens is 4. The van der Waals surface area contributed by atoms with Crippen molar-refractivity contribution in [1.29, 1.82) is 0 Å². The highest BCUT2D eigenvalue weighted by molar-refractivity contribution is 6.15. The van der Waals surface area contributed by atoms with Crippen LogP contribution in [0, 0.1) is 0 Å². The molecule has 262 valence electrons. The summed E-state index contributed by atoms with van der Waals surface area (Å²) in [6.45, 7) is 0. The third-order valence-corrected chi connectivity index (χ3v) is 10.7. The summed E-state index contributed by atoms with van der Waals surface area (Å²) < 4.78 is 9.01. The van der Waals surface area contributed by atoms with Crippen LogP contribution in [0.5, 0.6) is 0 Å². The molecular weight excluding hydrogens is 685 g/mol. The number of para-hydroxylation sites is 2. The fraction of sp³-hybridized carbons (Fsp3) is 0. The fourth-order valence-electron chi connectivity index (χ4n) is 8.09. The van der Waals surface area contributed by atoms with Crippen molar-refractivity contribution in [2.24, 2.45) is 0 Å². The normalized spacial score (nSPS) is 11.6. The van der Waals surface area contributed by atoms with Crippen molar-refractivity contribution >= 4 is 43.7 Å². The Hall–Kier alpha value is -7.63. The maximum Gasteiger partial charge on any atom is 0.164 e. The zero-order valence-corrected chi connectivity index (χ0v) is 30.2. The van der Waals surface area contributed by atoms with E-state index in [0.717, 1.165) is 66.6 Å². The van der Waals surface area contributed by atoms with Crippen molar-refractivity contribution in [1.82, 2.24) is 19.5 Å². The molecule has 0 saturated heterocycles. The third-order valence-electron chi connectivity index (χ3n) is 10.7. The van der Waals surface area contributed by atoms with Gasteiger partial charge in [-0.25, -0.2) is 15.0 Å². The van der Waals surface area contributed by atoms with Gasteiger partial charge in [-0.15, -0.1) is 0 Å². The molecule has 11 rings (SSSR count). The van der Waals surface area contributed by atoms with E-state index in [1.165, 1.54) is 21.8 Å². The lowest BCUT2D eigenvalue weighted by Gasteiger charge is -2.13. The van der Waals surface area contributed by atoms with E-state index in [2.05, 4.69) is 138 Å². The van der Waals surface area contributed by atoms with E-state index in [1.54, 1.807) is 0 Å². The van der Waals surface area contributed by atoms with Crippen LogP contribution in [0.15, 0.2) is 199 Å². The van der Waals surface area contributed by atoms with E-state index in [9.17, 15) is 0 Å². The van der Waals surface area contributed by atoms with Crippen LogP contribution < -0.4 is 0 Å². The van der Waals surface area contributed by atoms with Crippen molar-refractivity contribution in [3.63, 3.8) is 0 Å². The molecule has 3 heterocycles. The zero-order valence-electron chi connectivity index (χ0n) is 30.2. The lowest BCUT2D eigenvalue weighted by atomic mass is 9.91. The second-order valence-corrected chi connectivity index (χ2v) is 14.0. The molecule has 3 aromatic heterocycles. The predicted molar refractivity (Wildman–Crippen MR) is 229 cm³/mol. The number of rotatable bonds is 6. The lowest BCUT2D eigenvalue weighted by Crippen LogP contribution is -2.00. The highest BCUT2D eigenvalue weighted by atomic mass is 16.3. The van der Waals surface area contributed by atoms with Gasteiger partial charge in [0.15, 0.2) is 17.5 Å². The minimum Gasteiger partial charge on any atom is -0.456 e. The van der Waals surface area contributed by atoms with E-state index in [-0.39, 0.29) is 0 Å². The Morgan fingerprint density at radius 1 is 0.339 bits per heavy atom. The first-order valence-electron chi connectivity index (χ1n) is 18.8. The Labute approximate surface area is 322 Å². The van der Waals surface area contributed by atoms with E-state index in [4.69, 9.17) is 19.4 Å². The topological polar surface area (TPSA) is 56.7 Å². The van der Waals surface area contributed by atoms with Crippen molar-refractivity contribution in [3.05, 3.63) is 194 Å². The molecule has 8 aromatic carbocycles. The van der Waals surface area contributed by atoms with Crippen molar-refractivity contribution in [3.8, 4) is 62.1 Å². The number of furan rings is 1. The first-order valence-corrected chi connectivity index (χ1v) is 18.8. The Balaban J connectivity index is 1.06. The van der Waals surface area contributed by atoms with Gasteiger partial charge in [-0.3, -0.25) is 0 Å². The van der Waals surface area contributed by atoms with Crippen LogP contribution in [-0.2, 0) is 0 Å². The summed E-state index contributed by atoms with van der Waals surface area (Å²) >= 11 is 0. The van der Waals surface area contributed by atoms with Crippen LogP contribution in [0.3, 0.4) is 0 Å². The van der Waals surface area contributed by atoms with Gasteiger partial charge in [0, 0.05) is 43.9 Å². The Morgan fingerprint density at radius 2 is 0.893 bits per heavy atom. The smallest absolute Gasteiger partial charge is 0.164 e. The van der Waals surface area contributed by atoms with Crippen LogP contribution >= 0.6 is 0 Å². The van der Waals surface area contributed by atoms with E-state index in [1.807, 2.05) is 60.7 Å². The number of hydrogen-bond donors (Lipinski definition) is 0. The van der Waals surface area contributed by atoms with Crippen LogP contribution in [0.25, 0.3) is 106 Å². The predicted octanol–water partition coefficient (Wildman–Crippen LogP) is 13.2. The van der Waals surface area contributed by atoms with Crippen LogP contribution in [0.2, 0.25) is 0 Å². The van der Waals surface area contributed by atoms with Gasteiger partial charge in [-0.05, 0) is 64.7 Å². The minimum absolute atomic E-state index is 0.592. The van der Waals surface area contributed by atoms with Gasteiger partial charge < -0.3 is 8.98 Å². The summed E-state index contributed by atoms with van der Waals surface area (Å²) in [6, 6.07) is 67.5. The van der Waals surface area contributed by atoms with Gasteiger partial charge in [-0.2, -0.15) is 0 Å². The number of benzene rings is 8. The first kappa shape index (κ1) is 31.9. The Bertz CT molecular complexity index is 3180. The number of nitrogens with zero attached hydrogens (tertiary/aromatic N) is 4. The van der Waals surface area contributed by atoms with Gasteiger partial charge in [0.2, 0.25) is 0 Å². The van der Waals surface area contributed by atoms with Gasteiger partial charge in [0.05, 0.1) is 11.0 Å². The lowest BCUT2D eigenvalue weighted by molar-refractivity contribution is 0.669. The van der Waals surface area contributed by atoms with E-state index < -0.39 is 0 Å². The highest BCUT2D eigenvalue weighted by Gasteiger charge is 2.19. The molecule has 0 spiro atoms. The monoisotopic (exact) mass is 716 g/mol. The van der Waals surface area contributed by atoms with Gasteiger partial charge in [0.25, 0.3) is 0 Å². The standard InChI is InChI=1S/C51H32N4O/c1-4-15-33(16-5-1)49-52-50(34-17-6-2-7-18-34)54-51(53-49)36-28-30-43-47(32-36)56-46-26-14-24-42(48(43)46)39-22-11-10-21-38(39)35-27-29-41-40-23-12-13-25-44(40)55(45(41)31-35)37-19-8-3-9-20-37/h1-32H.